The molecule has 0 unspecified atom stereocenters. The number of aromatic nitrogens is 1. The number of ether oxygens (including phenoxy) is 1. The second-order valence-electron chi connectivity index (χ2n) is 7.74. The maximum absolute atomic E-state index is 13.5. The average molecular weight is 501 g/mol. The van der Waals surface area contributed by atoms with Crippen LogP contribution in [-0.4, -0.2) is 72.3 Å². The number of halogens is 1. The summed E-state index contributed by atoms with van der Waals surface area (Å²) >= 11 is 7.67. The molecule has 0 N–H and O–H groups in total. The average Bonchev–Trinajstić information content (AvgIpc) is 3.39. The second-order valence-corrected chi connectivity index (χ2v) is 9.12. The van der Waals surface area contributed by atoms with Crippen molar-refractivity contribution in [1.29, 1.82) is 0 Å². The smallest absolute Gasteiger partial charge is 0.262 e. The number of imide groups is 1. The van der Waals surface area contributed by atoms with E-state index < -0.39 is 17.7 Å². The van der Waals surface area contributed by atoms with Crippen LogP contribution in [0.15, 0.2) is 36.4 Å². The highest BCUT2D eigenvalue weighted by molar-refractivity contribution is 7.23. The SMILES string of the molecule is CCN(CC)CCN(C(=O)CN1C(=O)c2ccccc2C1=O)c1nc2c(OC)ccc(Cl)c2s1. The molecule has 4 rings (SSSR count). The van der Waals surface area contributed by atoms with Gasteiger partial charge in [-0.25, -0.2) is 4.98 Å². The highest BCUT2D eigenvalue weighted by Crippen LogP contribution is 2.38. The molecule has 1 aliphatic rings. The van der Waals surface area contributed by atoms with Gasteiger partial charge in [-0.05, 0) is 37.4 Å². The standard InChI is InChI=1S/C24H25ClN4O4S/c1-4-27(5-2)12-13-28(24-26-20-18(33-3)11-10-17(25)21(20)34-24)19(30)14-29-22(31)15-8-6-7-9-16(15)23(29)32/h6-11H,4-5,12-14H2,1-3H3. The topological polar surface area (TPSA) is 83.0 Å². The molecule has 3 amide bonds. The summed E-state index contributed by atoms with van der Waals surface area (Å²) in [5, 5.41) is 0.950. The number of nitrogens with zero attached hydrogens (tertiary/aromatic N) is 4. The van der Waals surface area contributed by atoms with Gasteiger partial charge >= 0.3 is 0 Å². The summed E-state index contributed by atoms with van der Waals surface area (Å²) in [4.78, 5) is 48.5. The van der Waals surface area contributed by atoms with Gasteiger partial charge in [0.1, 0.15) is 17.8 Å². The molecule has 0 saturated heterocycles. The molecule has 10 heteroatoms. The Balaban J connectivity index is 1.66. The predicted octanol–water partition coefficient (Wildman–Crippen LogP) is 3.93. The van der Waals surface area contributed by atoms with Crippen LogP contribution in [0.1, 0.15) is 34.6 Å². The summed E-state index contributed by atoms with van der Waals surface area (Å²) in [7, 11) is 1.55. The monoisotopic (exact) mass is 500 g/mol. The Hall–Kier alpha value is -3.01. The minimum Gasteiger partial charge on any atom is -0.494 e. The number of hydrogen-bond acceptors (Lipinski definition) is 7. The Morgan fingerprint density at radius 1 is 1.06 bits per heavy atom. The number of rotatable bonds is 9. The molecule has 2 heterocycles. The lowest BCUT2D eigenvalue weighted by molar-refractivity contribution is -0.119. The summed E-state index contributed by atoms with van der Waals surface area (Å²) in [5.74, 6) is -0.771. The highest BCUT2D eigenvalue weighted by atomic mass is 35.5. The Bertz CT molecular complexity index is 1220. The van der Waals surface area contributed by atoms with Crippen LogP contribution in [0.25, 0.3) is 10.2 Å². The summed E-state index contributed by atoms with van der Waals surface area (Å²) in [6.07, 6.45) is 0. The van der Waals surface area contributed by atoms with Crippen LogP contribution in [0, 0.1) is 0 Å². The first-order chi connectivity index (χ1) is 16.4. The third-order valence-corrected chi connectivity index (χ3v) is 7.44. The number of methoxy groups -OCH3 is 1. The lowest BCUT2D eigenvalue weighted by Gasteiger charge is -2.26. The van der Waals surface area contributed by atoms with Crippen molar-refractivity contribution in [3.63, 3.8) is 0 Å². The van der Waals surface area contributed by atoms with Crippen LogP contribution in [-0.2, 0) is 4.79 Å². The van der Waals surface area contributed by atoms with Crippen LogP contribution in [0.4, 0.5) is 5.13 Å². The maximum Gasteiger partial charge on any atom is 0.262 e. The molecule has 0 bridgehead atoms. The van der Waals surface area contributed by atoms with Crippen molar-refractivity contribution in [3.8, 4) is 5.75 Å². The van der Waals surface area contributed by atoms with E-state index in [-0.39, 0.29) is 6.54 Å². The molecular formula is C24H25ClN4O4S. The largest absolute Gasteiger partial charge is 0.494 e. The van der Waals surface area contributed by atoms with E-state index in [0.29, 0.717) is 50.3 Å². The zero-order valence-corrected chi connectivity index (χ0v) is 20.8. The summed E-state index contributed by atoms with van der Waals surface area (Å²) < 4.78 is 6.12. The normalized spacial score (nSPS) is 13.1. The van der Waals surface area contributed by atoms with Gasteiger partial charge in [-0.2, -0.15) is 0 Å². The number of thiazole rings is 1. The summed E-state index contributed by atoms with van der Waals surface area (Å²) in [5.41, 5.74) is 1.19. The fraction of sp³-hybridized carbons (Fsp3) is 0.333. The number of carbonyl (C=O) groups is 3. The first kappa shape index (κ1) is 24.1. The number of amides is 3. The van der Waals surface area contributed by atoms with Crippen LogP contribution in [0.3, 0.4) is 0 Å². The van der Waals surface area contributed by atoms with E-state index in [9.17, 15) is 14.4 Å². The number of carbonyl (C=O) groups excluding carboxylic acids is 3. The van der Waals surface area contributed by atoms with Gasteiger partial charge in [-0.15, -0.1) is 0 Å². The summed E-state index contributed by atoms with van der Waals surface area (Å²) in [6, 6.07) is 10.1. The number of hydrogen-bond donors (Lipinski definition) is 0. The number of likely N-dealkylation sites (N-methyl/N-ethyl adjacent to an activating group) is 1. The van der Waals surface area contributed by atoms with Crippen molar-refractivity contribution >= 4 is 56.0 Å². The van der Waals surface area contributed by atoms with E-state index >= 15 is 0 Å². The predicted molar refractivity (Wildman–Crippen MR) is 133 cm³/mol. The van der Waals surface area contributed by atoms with E-state index in [1.54, 1.807) is 43.5 Å². The van der Waals surface area contributed by atoms with Crippen molar-refractivity contribution in [2.24, 2.45) is 0 Å². The molecule has 8 nitrogen and oxygen atoms in total. The van der Waals surface area contributed by atoms with Crippen LogP contribution in [0.5, 0.6) is 5.75 Å². The molecule has 0 aliphatic carbocycles. The molecule has 0 saturated carbocycles. The molecule has 3 aromatic rings. The Morgan fingerprint density at radius 3 is 2.29 bits per heavy atom. The third-order valence-electron chi connectivity index (χ3n) is 5.90. The second kappa shape index (κ2) is 10.1. The lowest BCUT2D eigenvalue weighted by atomic mass is 10.1. The Labute approximate surface area is 206 Å². The molecule has 2 aromatic carbocycles. The molecular weight excluding hydrogens is 476 g/mol. The molecule has 178 valence electrons. The third kappa shape index (κ3) is 4.38. The van der Waals surface area contributed by atoms with E-state index in [2.05, 4.69) is 23.7 Å². The first-order valence-electron chi connectivity index (χ1n) is 11.0. The van der Waals surface area contributed by atoms with Crippen molar-refractivity contribution in [1.82, 2.24) is 14.8 Å². The van der Waals surface area contributed by atoms with E-state index in [4.69, 9.17) is 16.3 Å². The van der Waals surface area contributed by atoms with E-state index in [0.717, 1.165) is 18.0 Å². The van der Waals surface area contributed by atoms with E-state index in [1.807, 2.05) is 0 Å². The zero-order valence-electron chi connectivity index (χ0n) is 19.2. The van der Waals surface area contributed by atoms with Crippen molar-refractivity contribution in [2.75, 3.05) is 44.7 Å². The number of benzene rings is 2. The lowest BCUT2D eigenvalue weighted by Crippen LogP contribution is -2.45. The van der Waals surface area contributed by atoms with Gasteiger partial charge in [0.2, 0.25) is 5.91 Å². The Morgan fingerprint density at radius 2 is 1.71 bits per heavy atom. The quantitative estimate of drug-likeness (QED) is 0.414. The van der Waals surface area contributed by atoms with Gasteiger partial charge in [0.15, 0.2) is 5.13 Å². The Kier molecular flexibility index (Phi) is 7.16. The van der Waals surface area contributed by atoms with Crippen LogP contribution < -0.4 is 9.64 Å². The fourth-order valence-corrected chi connectivity index (χ4v) is 5.23. The van der Waals surface area contributed by atoms with Crippen LogP contribution in [0.2, 0.25) is 5.02 Å². The number of fused-ring (bicyclic) bond motifs is 2. The molecule has 1 aromatic heterocycles. The van der Waals surface area contributed by atoms with Gasteiger partial charge in [-0.1, -0.05) is 48.9 Å². The van der Waals surface area contributed by atoms with E-state index in [1.165, 1.54) is 16.2 Å². The van der Waals surface area contributed by atoms with Gasteiger partial charge in [-0.3, -0.25) is 24.2 Å². The van der Waals surface area contributed by atoms with Crippen molar-refractivity contribution < 1.29 is 19.1 Å². The molecule has 0 atom stereocenters. The van der Waals surface area contributed by atoms with Gasteiger partial charge in [0, 0.05) is 13.1 Å². The minimum absolute atomic E-state index is 0.312. The van der Waals surface area contributed by atoms with Crippen molar-refractivity contribution in [3.05, 3.63) is 52.5 Å². The number of anilines is 1. The molecule has 0 radical (unpaired) electrons. The van der Waals surface area contributed by atoms with Gasteiger partial charge < -0.3 is 9.64 Å². The first-order valence-corrected chi connectivity index (χ1v) is 12.2. The van der Waals surface area contributed by atoms with Crippen molar-refractivity contribution in [2.45, 2.75) is 13.8 Å². The molecule has 0 spiro atoms. The zero-order chi connectivity index (χ0) is 24.4. The van der Waals surface area contributed by atoms with Gasteiger partial charge in [0.25, 0.3) is 11.8 Å². The highest BCUT2D eigenvalue weighted by Gasteiger charge is 2.37. The maximum atomic E-state index is 13.5. The van der Waals surface area contributed by atoms with Crippen LogP contribution >= 0.6 is 22.9 Å². The molecule has 34 heavy (non-hydrogen) atoms. The van der Waals surface area contributed by atoms with Gasteiger partial charge in [0.05, 0.1) is 28.0 Å². The molecule has 0 fully saturated rings. The fourth-order valence-electron chi connectivity index (χ4n) is 3.93. The summed E-state index contributed by atoms with van der Waals surface area (Å²) in [6.45, 7) is 6.36. The molecule has 1 aliphatic heterocycles. The minimum atomic E-state index is -0.466.